The van der Waals surface area contributed by atoms with Gasteiger partial charge in [0.1, 0.15) is 5.75 Å². The molecule has 1 aromatic carbocycles. The van der Waals surface area contributed by atoms with E-state index in [1.807, 2.05) is 30.0 Å². The average Bonchev–Trinajstić information content (AvgIpc) is 2.80. The largest absolute Gasteiger partial charge is 0.507 e. The number of pyridine rings is 1. The number of aromatic hydroxyl groups is 1. The quantitative estimate of drug-likeness (QED) is 0.656. The number of anilines is 1. The molecule has 1 N–H and O–H groups in total. The number of phenols is 1. The number of hydrogen-bond donors (Lipinski definition) is 1. The fraction of sp³-hybridized carbons (Fsp3) is 0.375. The van der Waals surface area contributed by atoms with Gasteiger partial charge in [-0.05, 0) is 48.2 Å². The first kappa shape index (κ1) is 20.1. The van der Waals surface area contributed by atoms with Crippen molar-refractivity contribution in [2.24, 2.45) is 7.05 Å². The molecule has 0 unspecified atom stereocenters. The van der Waals surface area contributed by atoms with E-state index >= 15 is 0 Å². The third-order valence-corrected chi connectivity index (χ3v) is 7.33. The van der Waals surface area contributed by atoms with E-state index in [4.69, 9.17) is 0 Å². The molecule has 0 spiro atoms. The van der Waals surface area contributed by atoms with Crippen LogP contribution in [0.5, 0.6) is 5.75 Å². The first-order valence-electron chi connectivity index (χ1n) is 10.9. The number of aromatic nitrogens is 3. The molecule has 5 rings (SSSR count). The minimum absolute atomic E-state index is 0.0823. The van der Waals surface area contributed by atoms with Gasteiger partial charge in [0.2, 0.25) is 0 Å². The minimum atomic E-state index is -0.0823. The van der Waals surface area contributed by atoms with E-state index in [1.54, 1.807) is 25.4 Å². The van der Waals surface area contributed by atoms with Gasteiger partial charge in [-0.15, -0.1) is 22.0 Å². The monoisotopic (exact) mass is 434 g/mol. The molecule has 0 saturated heterocycles. The Kier molecular flexibility index (Phi) is 5.44. The Morgan fingerprint density at radius 1 is 1.03 bits per heavy atom. The highest BCUT2D eigenvalue weighted by Crippen LogP contribution is 2.40. The number of nitrogens with zero attached hydrogens (tertiary/aromatic N) is 4. The molecule has 3 heterocycles. The van der Waals surface area contributed by atoms with Gasteiger partial charge < -0.3 is 14.6 Å². The summed E-state index contributed by atoms with van der Waals surface area (Å²) >= 11 is 1.81. The Morgan fingerprint density at radius 3 is 2.61 bits per heavy atom. The smallest absolute Gasteiger partial charge is 0.250 e. The molecule has 160 valence electrons. The van der Waals surface area contributed by atoms with Crippen LogP contribution in [0.4, 0.5) is 5.82 Å². The highest BCUT2D eigenvalue weighted by Gasteiger charge is 2.28. The van der Waals surface area contributed by atoms with Crippen LogP contribution in [-0.2, 0) is 7.05 Å². The molecule has 0 radical (unpaired) electrons. The van der Waals surface area contributed by atoms with E-state index in [1.165, 1.54) is 36.7 Å². The Morgan fingerprint density at radius 2 is 1.84 bits per heavy atom. The zero-order valence-corrected chi connectivity index (χ0v) is 18.4. The van der Waals surface area contributed by atoms with E-state index in [-0.39, 0.29) is 11.3 Å². The summed E-state index contributed by atoms with van der Waals surface area (Å²) in [4.78, 5) is 15.5. The van der Waals surface area contributed by atoms with Gasteiger partial charge in [-0.25, -0.2) is 0 Å². The van der Waals surface area contributed by atoms with Crippen molar-refractivity contribution in [3.63, 3.8) is 0 Å². The van der Waals surface area contributed by atoms with Gasteiger partial charge in [-0.1, -0.05) is 25.3 Å². The minimum Gasteiger partial charge on any atom is -0.507 e. The van der Waals surface area contributed by atoms with Crippen molar-refractivity contribution < 1.29 is 5.11 Å². The average molecular weight is 435 g/mol. The van der Waals surface area contributed by atoms with Crippen LogP contribution in [0.3, 0.4) is 0 Å². The molecule has 0 bridgehead atoms. The summed E-state index contributed by atoms with van der Waals surface area (Å²) in [5.41, 5.74) is 2.81. The molecule has 1 aliphatic heterocycles. The summed E-state index contributed by atoms with van der Waals surface area (Å²) in [5, 5.41) is 19.8. The fourth-order valence-electron chi connectivity index (χ4n) is 4.57. The first-order valence-corrected chi connectivity index (χ1v) is 11.9. The zero-order valence-electron chi connectivity index (χ0n) is 17.6. The Labute approximate surface area is 185 Å². The van der Waals surface area contributed by atoms with E-state index in [0.29, 0.717) is 17.3 Å². The number of thioether (sulfide) groups is 1. The predicted molar refractivity (Wildman–Crippen MR) is 125 cm³/mol. The van der Waals surface area contributed by atoms with E-state index in [2.05, 4.69) is 21.2 Å². The van der Waals surface area contributed by atoms with Crippen LogP contribution in [0, 0.1) is 0 Å². The molecule has 0 amide bonds. The maximum atomic E-state index is 11.9. The van der Waals surface area contributed by atoms with Gasteiger partial charge in [0, 0.05) is 43.2 Å². The summed E-state index contributed by atoms with van der Waals surface area (Å²) in [6.45, 7) is 1.02. The number of fused-ring (bicyclic) bond motifs is 1. The van der Waals surface area contributed by atoms with E-state index in [9.17, 15) is 9.90 Å². The van der Waals surface area contributed by atoms with Crippen molar-refractivity contribution in [3.8, 4) is 28.1 Å². The topological polar surface area (TPSA) is 71.2 Å². The lowest BCUT2D eigenvalue weighted by atomic mass is 9.94. The highest BCUT2D eigenvalue weighted by atomic mass is 32.2. The Hall–Kier alpha value is -2.80. The number of phenolic OH excluding ortho intramolecular Hbond substituents is 1. The standard InChI is InChI=1S/C24H26N4O2S/c1-27-10-9-17(14-23(27)30)16-7-8-19(21(29)13-16)20-15-22-24(26-25-20)28(11-12-31-22)18-5-3-2-4-6-18/h7-10,13-15,18,29H,2-6,11-12H2,1H3. The molecule has 2 aliphatic rings. The molecule has 1 fully saturated rings. The highest BCUT2D eigenvalue weighted by molar-refractivity contribution is 7.99. The number of aryl methyl sites for hydroxylation is 1. The first-order chi connectivity index (χ1) is 15.1. The van der Waals surface area contributed by atoms with Crippen molar-refractivity contribution >= 4 is 17.6 Å². The molecule has 31 heavy (non-hydrogen) atoms. The van der Waals surface area contributed by atoms with Crippen LogP contribution in [0.15, 0.2) is 52.3 Å². The van der Waals surface area contributed by atoms with Gasteiger partial charge in [-0.3, -0.25) is 4.79 Å². The van der Waals surface area contributed by atoms with Gasteiger partial charge in [0.25, 0.3) is 5.56 Å². The number of rotatable bonds is 3. The normalized spacial score (nSPS) is 16.9. The summed E-state index contributed by atoms with van der Waals surface area (Å²) < 4.78 is 1.52. The molecule has 2 aromatic heterocycles. The van der Waals surface area contributed by atoms with E-state index in [0.717, 1.165) is 34.1 Å². The molecule has 1 saturated carbocycles. The maximum Gasteiger partial charge on any atom is 0.250 e. The number of hydrogen-bond acceptors (Lipinski definition) is 6. The van der Waals surface area contributed by atoms with Crippen molar-refractivity contribution in [1.82, 2.24) is 14.8 Å². The molecular formula is C24H26N4O2S. The van der Waals surface area contributed by atoms with Crippen LogP contribution in [0.1, 0.15) is 32.1 Å². The van der Waals surface area contributed by atoms with Crippen LogP contribution in [0.25, 0.3) is 22.4 Å². The second-order valence-electron chi connectivity index (χ2n) is 8.35. The van der Waals surface area contributed by atoms with Crippen LogP contribution in [0.2, 0.25) is 0 Å². The van der Waals surface area contributed by atoms with Crippen molar-refractivity contribution in [1.29, 1.82) is 0 Å². The Balaban J connectivity index is 1.45. The molecular weight excluding hydrogens is 408 g/mol. The van der Waals surface area contributed by atoms with Crippen molar-refractivity contribution in [2.75, 3.05) is 17.2 Å². The van der Waals surface area contributed by atoms with Gasteiger partial charge in [0.05, 0.1) is 10.6 Å². The Bertz CT molecular complexity index is 1170. The second-order valence-corrected chi connectivity index (χ2v) is 9.48. The van der Waals surface area contributed by atoms with Gasteiger partial charge in [-0.2, -0.15) is 0 Å². The summed E-state index contributed by atoms with van der Waals surface area (Å²) in [5.74, 6) is 2.17. The summed E-state index contributed by atoms with van der Waals surface area (Å²) in [6.07, 6.45) is 8.12. The lowest BCUT2D eigenvalue weighted by Crippen LogP contribution is -2.41. The maximum absolute atomic E-state index is 11.9. The SMILES string of the molecule is Cn1ccc(-c2ccc(-c3cc4c(nn3)N(C3CCCCC3)CCS4)c(O)c2)cc1=O. The zero-order chi connectivity index (χ0) is 21.4. The lowest BCUT2D eigenvalue weighted by Gasteiger charge is -2.38. The van der Waals surface area contributed by atoms with Crippen LogP contribution >= 0.6 is 11.8 Å². The third kappa shape index (κ3) is 3.94. The molecule has 0 atom stereocenters. The van der Waals surface area contributed by atoms with Gasteiger partial charge >= 0.3 is 0 Å². The predicted octanol–water partition coefficient (Wildman–Crippen LogP) is 4.46. The molecule has 7 heteroatoms. The molecule has 3 aromatic rings. The molecule has 1 aliphatic carbocycles. The van der Waals surface area contributed by atoms with E-state index < -0.39 is 0 Å². The number of benzene rings is 1. The van der Waals surface area contributed by atoms with Crippen molar-refractivity contribution in [3.05, 3.63) is 52.9 Å². The fourth-order valence-corrected chi connectivity index (χ4v) is 5.56. The molecule has 6 nitrogen and oxygen atoms in total. The summed E-state index contributed by atoms with van der Waals surface area (Å²) in [7, 11) is 1.72. The summed E-state index contributed by atoms with van der Waals surface area (Å²) in [6, 6.07) is 11.5. The lowest BCUT2D eigenvalue weighted by molar-refractivity contribution is 0.414. The van der Waals surface area contributed by atoms with Gasteiger partial charge in [0.15, 0.2) is 5.82 Å². The van der Waals surface area contributed by atoms with Crippen LogP contribution < -0.4 is 10.5 Å². The second kappa shape index (κ2) is 8.38. The van der Waals surface area contributed by atoms with Crippen molar-refractivity contribution in [2.45, 2.75) is 43.0 Å². The third-order valence-electron chi connectivity index (χ3n) is 6.33. The van der Waals surface area contributed by atoms with Crippen LogP contribution in [-0.4, -0.2) is 38.2 Å².